The topological polar surface area (TPSA) is 52.0 Å². The second kappa shape index (κ2) is 5.23. The van der Waals surface area contributed by atoms with Crippen molar-refractivity contribution in [2.45, 2.75) is 55.2 Å². The largest absolute Gasteiger partial charge is 0.269 e. The molecule has 5 heteroatoms. The summed E-state index contributed by atoms with van der Waals surface area (Å²) >= 11 is 0. The normalized spacial score (nSPS) is 22.3. The number of rotatable bonds is 3. The zero-order valence-corrected chi connectivity index (χ0v) is 14.0. The lowest BCUT2D eigenvalue weighted by molar-refractivity contribution is 0.290. The van der Waals surface area contributed by atoms with Gasteiger partial charge in [-0.25, -0.2) is 8.42 Å². The van der Waals surface area contributed by atoms with Gasteiger partial charge in [-0.1, -0.05) is 39.0 Å². The smallest absolute Gasteiger partial charge is 0.181 e. The third kappa shape index (κ3) is 2.70. The molecule has 1 saturated carbocycles. The van der Waals surface area contributed by atoms with Crippen molar-refractivity contribution in [2.24, 2.45) is 0 Å². The van der Waals surface area contributed by atoms with Gasteiger partial charge in [-0.3, -0.25) is 4.68 Å². The number of benzene rings is 1. The van der Waals surface area contributed by atoms with E-state index in [1.165, 1.54) is 5.56 Å². The van der Waals surface area contributed by atoms with Crippen molar-refractivity contribution in [1.82, 2.24) is 9.78 Å². The summed E-state index contributed by atoms with van der Waals surface area (Å²) in [5.41, 5.74) is 1.25. The van der Waals surface area contributed by atoms with Crippen molar-refractivity contribution in [3.05, 3.63) is 48.3 Å². The van der Waals surface area contributed by atoms with Crippen LogP contribution in [-0.4, -0.2) is 23.4 Å². The highest BCUT2D eigenvalue weighted by Crippen LogP contribution is 2.39. The Hall–Kier alpha value is -1.62. The minimum atomic E-state index is -3.21. The summed E-state index contributed by atoms with van der Waals surface area (Å²) in [6.07, 6.45) is 5.22. The Morgan fingerprint density at radius 2 is 1.77 bits per heavy atom. The molecule has 3 rings (SSSR count). The molecule has 0 bridgehead atoms. The minimum Gasteiger partial charge on any atom is -0.269 e. The van der Waals surface area contributed by atoms with Gasteiger partial charge in [0.15, 0.2) is 9.84 Å². The summed E-state index contributed by atoms with van der Waals surface area (Å²) in [6.45, 7) is 6.45. The number of hydrogen-bond acceptors (Lipinski definition) is 3. The average Bonchev–Trinajstić information content (AvgIpc) is 2.87. The van der Waals surface area contributed by atoms with Crippen LogP contribution in [0.3, 0.4) is 0 Å². The lowest BCUT2D eigenvalue weighted by atomic mass is 9.89. The van der Waals surface area contributed by atoms with Gasteiger partial charge in [0.2, 0.25) is 0 Å². The Bertz CT molecular complexity index is 751. The molecule has 0 atom stereocenters. The van der Waals surface area contributed by atoms with E-state index in [1.807, 2.05) is 16.9 Å². The molecule has 0 unspecified atom stereocenters. The summed E-state index contributed by atoms with van der Waals surface area (Å²) in [6, 6.07) is 8.92. The van der Waals surface area contributed by atoms with E-state index in [2.05, 4.69) is 32.1 Å². The first kappa shape index (κ1) is 15.3. The van der Waals surface area contributed by atoms with E-state index in [9.17, 15) is 8.42 Å². The molecule has 0 spiro atoms. The van der Waals surface area contributed by atoms with Crippen LogP contribution in [0.2, 0.25) is 0 Å². The monoisotopic (exact) mass is 318 g/mol. The average molecular weight is 318 g/mol. The summed E-state index contributed by atoms with van der Waals surface area (Å²) in [5, 5.41) is 4.13. The standard InChI is InChI=1S/C17H22N2O2S/c1-17(2,3)13-11-18-19(12-13)14-9-16(10-14)22(20,21)15-7-5-4-6-8-15/h4-8,11-12,14,16H,9-10H2,1-3H3. The number of hydrogen-bond donors (Lipinski definition) is 0. The minimum absolute atomic E-state index is 0.0670. The zero-order valence-electron chi connectivity index (χ0n) is 13.2. The van der Waals surface area contributed by atoms with Crippen LogP contribution in [0.1, 0.15) is 45.2 Å². The van der Waals surface area contributed by atoms with Gasteiger partial charge in [0, 0.05) is 6.20 Å². The molecule has 0 saturated heterocycles. The second-order valence-corrected chi connectivity index (χ2v) is 9.29. The van der Waals surface area contributed by atoms with Gasteiger partial charge < -0.3 is 0 Å². The predicted octanol–water partition coefficient (Wildman–Crippen LogP) is 3.36. The van der Waals surface area contributed by atoms with Crippen LogP contribution < -0.4 is 0 Å². The van der Waals surface area contributed by atoms with Gasteiger partial charge in [0.25, 0.3) is 0 Å². The SMILES string of the molecule is CC(C)(C)c1cnn(C2CC(S(=O)(=O)c3ccccc3)C2)c1. The third-order valence-corrected chi connectivity index (χ3v) is 6.61. The zero-order chi connectivity index (χ0) is 16.0. The first-order valence-electron chi connectivity index (χ1n) is 7.62. The Kier molecular flexibility index (Phi) is 3.63. The molecule has 0 amide bonds. The quantitative estimate of drug-likeness (QED) is 0.872. The molecule has 118 valence electrons. The Morgan fingerprint density at radius 1 is 1.14 bits per heavy atom. The van der Waals surface area contributed by atoms with Crippen LogP contribution in [0.5, 0.6) is 0 Å². The Labute approximate surface area is 132 Å². The third-order valence-electron chi connectivity index (χ3n) is 4.42. The van der Waals surface area contributed by atoms with Crippen LogP contribution in [0.25, 0.3) is 0 Å². The highest BCUT2D eigenvalue weighted by Gasteiger charge is 2.40. The molecule has 1 fully saturated rings. The Balaban J connectivity index is 1.71. The molecule has 22 heavy (non-hydrogen) atoms. The summed E-state index contributed by atoms with van der Waals surface area (Å²) in [5.74, 6) is 0. The van der Waals surface area contributed by atoms with Crippen LogP contribution in [0, 0.1) is 0 Å². The van der Waals surface area contributed by atoms with Gasteiger partial charge in [-0.05, 0) is 36.0 Å². The maximum absolute atomic E-state index is 12.5. The highest BCUT2D eigenvalue weighted by molar-refractivity contribution is 7.92. The van der Waals surface area contributed by atoms with Gasteiger partial charge in [0.05, 0.1) is 22.4 Å². The molecule has 4 nitrogen and oxygen atoms in total. The van der Waals surface area contributed by atoms with Crippen LogP contribution in [0.15, 0.2) is 47.6 Å². The molecule has 1 aliphatic carbocycles. The first-order valence-corrected chi connectivity index (χ1v) is 9.17. The lowest BCUT2D eigenvalue weighted by Crippen LogP contribution is -2.37. The van der Waals surface area contributed by atoms with Crippen molar-refractivity contribution in [1.29, 1.82) is 0 Å². The summed E-state index contributed by atoms with van der Waals surface area (Å²) < 4.78 is 27.0. The fraction of sp³-hybridized carbons (Fsp3) is 0.471. The molecular weight excluding hydrogens is 296 g/mol. The van der Waals surface area contributed by atoms with E-state index in [4.69, 9.17) is 0 Å². The second-order valence-electron chi connectivity index (χ2n) is 7.06. The van der Waals surface area contributed by atoms with E-state index in [0.29, 0.717) is 17.7 Å². The van der Waals surface area contributed by atoms with Crippen LogP contribution in [-0.2, 0) is 15.3 Å². The van der Waals surface area contributed by atoms with Gasteiger partial charge >= 0.3 is 0 Å². The molecular formula is C17H22N2O2S. The van der Waals surface area contributed by atoms with Gasteiger partial charge in [-0.2, -0.15) is 5.10 Å². The maximum atomic E-state index is 12.5. The molecule has 1 aromatic carbocycles. The van der Waals surface area contributed by atoms with E-state index in [-0.39, 0.29) is 16.7 Å². The van der Waals surface area contributed by atoms with Crippen molar-refractivity contribution in [2.75, 3.05) is 0 Å². The molecule has 2 aromatic rings. The fourth-order valence-corrected chi connectivity index (χ4v) is 4.61. The summed E-state index contributed by atoms with van der Waals surface area (Å²) in [4.78, 5) is 0.425. The molecule has 1 heterocycles. The number of sulfone groups is 1. The molecule has 1 aromatic heterocycles. The van der Waals surface area contributed by atoms with E-state index in [0.717, 1.165) is 0 Å². The fourth-order valence-electron chi connectivity index (χ4n) is 2.73. The molecule has 0 N–H and O–H groups in total. The van der Waals surface area contributed by atoms with E-state index in [1.54, 1.807) is 24.3 Å². The van der Waals surface area contributed by atoms with Crippen LogP contribution in [0.4, 0.5) is 0 Å². The molecule has 1 aliphatic rings. The van der Waals surface area contributed by atoms with Crippen molar-refractivity contribution < 1.29 is 8.42 Å². The van der Waals surface area contributed by atoms with Crippen molar-refractivity contribution in [3.8, 4) is 0 Å². The lowest BCUT2D eigenvalue weighted by Gasteiger charge is -2.35. The number of aromatic nitrogens is 2. The van der Waals surface area contributed by atoms with Gasteiger partial charge in [-0.15, -0.1) is 0 Å². The Morgan fingerprint density at radius 3 is 2.32 bits per heavy atom. The first-order chi connectivity index (χ1) is 10.3. The molecule has 0 aliphatic heterocycles. The maximum Gasteiger partial charge on any atom is 0.181 e. The molecule has 0 radical (unpaired) electrons. The van der Waals surface area contributed by atoms with Crippen molar-refractivity contribution in [3.63, 3.8) is 0 Å². The van der Waals surface area contributed by atoms with Gasteiger partial charge in [0.1, 0.15) is 0 Å². The van der Waals surface area contributed by atoms with Crippen LogP contribution >= 0.6 is 0 Å². The van der Waals surface area contributed by atoms with E-state index < -0.39 is 9.84 Å². The van der Waals surface area contributed by atoms with Crippen molar-refractivity contribution >= 4 is 9.84 Å². The summed E-state index contributed by atoms with van der Waals surface area (Å²) in [7, 11) is -3.21. The highest BCUT2D eigenvalue weighted by atomic mass is 32.2. The van der Waals surface area contributed by atoms with E-state index >= 15 is 0 Å². The predicted molar refractivity (Wildman–Crippen MR) is 86.6 cm³/mol. The number of nitrogens with zero attached hydrogens (tertiary/aromatic N) is 2.